The first kappa shape index (κ1) is 12.7. The number of hydrogen-bond donors (Lipinski definition) is 0. The van der Waals surface area contributed by atoms with Gasteiger partial charge in [-0.05, 0) is 41.6 Å². The maximum Gasteiger partial charge on any atom is 0.0477 e. The van der Waals surface area contributed by atoms with E-state index in [1.807, 2.05) is 12.1 Å². The van der Waals surface area contributed by atoms with E-state index < -0.39 is 0 Å². The van der Waals surface area contributed by atoms with E-state index in [1.54, 1.807) is 0 Å². The second-order valence-corrected chi connectivity index (χ2v) is 5.47. The Morgan fingerprint density at radius 1 is 1.00 bits per heavy atom. The third-order valence-corrected chi connectivity index (χ3v) is 4.27. The van der Waals surface area contributed by atoms with E-state index in [4.69, 9.17) is 0 Å². The van der Waals surface area contributed by atoms with Crippen LogP contribution in [0.4, 0.5) is 0 Å². The van der Waals surface area contributed by atoms with Crippen LogP contribution in [0, 0.1) is 0 Å². The number of nitrogens with zero attached hydrogens (tertiary/aromatic N) is 1. The van der Waals surface area contributed by atoms with Crippen LogP contribution < -0.4 is 0 Å². The highest BCUT2D eigenvalue weighted by Crippen LogP contribution is 2.34. The summed E-state index contributed by atoms with van der Waals surface area (Å²) in [6, 6.07) is 19.4. The molecule has 1 heterocycles. The van der Waals surface area contributed by atoms with Crippen molar-refractivity contribution in [1.82, 2.24) is 4.57 Å². The first-order valence-corrected chi connectivity index (χ1v) is 6.90. The Bertz CT molecular complexity index is 752. The number of allylic oxidation sites excluding steroid dienone is 1. The molecule has 0 saturated heterocycles. The lowest BCUT2D eigenvalue weighted by Crippen LogP contribution is -2.20. The first-order chi connectivity index (χ1) is 9.65. The molecule has 0 bridgehead atoms. The summed E-state index contributed by atoms with van der Waals surface area (Å²) in [5.74, 6) is 0. The SMILES string of the molecule is C=C[C@@](C)(c1ccccc1)c1ccc2c(ccn2C)c1. The van der Waals surface area contributed by atoms with Gasteiger partial charge in [0.2, 0.25) is 0 Å². The molecular formula is C19H19N. The normalized spacial score (nSPS) is 14.1. The minimum Gasteiger partial charge on any atom is -0.351 e. The second-order valence-electron chi connectivity index (χ2n) is 5.47. The van der Waals surface area contributed by atoms with Gasteiger partial charge in [-0.25, -0.2) is 0 Å². The van der Waals surface area contributed by atoms with Crippen LogP contribution in [0.5, 0.6) is 0 Å². The van der Waals surface area contributed by atoms with Crippen molar-refractivity contribution in [1.29, 1.82) is 0 Å². The van der Waals surface area contributed by atoms with Crippen molar-refractivity contribution in [3.63, 3.8) is 0 Å². The average Bonchev–Trinajstić information content (AvgIpc) is 2.88. The zero-order chi connectivity index (χ0) is 14.2. The minimum absolute atomic E-state index is 0.161. The van der Waals surface area contributed by atoms with Gasteiger partial charge in [0.25, 0.3) is 0 Å². The Morgan fingerprint density at radius 3 is 2.45 bits per heavy atom. The van der Waals surface area contributed by atoms with Gasteiger partial charge in [0.1, 0.15) is 0 Å². The van der Waals surface area contributed by atoms with Crippen LogP contribution in [0.15, 0.2) is 73.4 Å². The van der Waals surface area contributed by atoms with Crippen molar-refractivity contribution < 1.29 is 0 Å². The van der Waals surface area contributed by atoms with Gasteiger partial charge < -0.3 is 4.57 Å². The number of aromatic nitrogens is 1. The van der Waals surface area contributed by atoms with Gasteiger partial charge in [0.15, 0.2) is 0 Å². The molecule has 0 spiro atoms. The van der Waals surface area contributed by atoms with Gasteiger partial charge in [0.05, 0.1) is 0 Å². The molecule has 0 amide bonds. The lowest BCUT2D eigenvalue weighted by atomic mass is 9.76. The molecule has 0 saturated carbocycles. The summed E-state index contributed by atoms with van der Waals surface area (Å²) < 4.78 is 2.15. The Hall–Kier alpha value is -2.28. The molecule has 1 atom stereocenters. The van der Waals surface area contributed by atoms with Crippen molar-refractivity contribution in [2.45, 2.75) is 12.3 Å². The van der Waals surface area contributed by atoms with E-state index in [0.717, 1.165) is 0 Å². The molecule has 3 rings (SSSR count). The summed E-state index contributed by atoms with van der Waals surface area (Å²) in [5, 5.41) is 1.27. The number of benzene rings is 2. The molecule has 1 aromatic heterocycles. The molecule has 0 radical (unpaired) electrons. The molecule has 1 nitrogen and oxygen atoms in total. The highest BCUT2D eigenvalue weighted by atomic mass is 14.9. The summed E-state index contributed by atoms with van der Waals surface area (Å²) in [5.41, 5.74) is 3.64. The third-order valence-electron chi connectivity index (χ3n) is 4.27. The number of fused-ring (bicyclic) bond motifs is 1. The second kappa shape index (κ2) is 4.68. The van der Waals surface area contributed by atoms with Crippen molar-refractivity contribution in [3.8, 4) is 0 Å². The van der Waals surface area contributed by atoms with Gasteiger partial charge in [-0.2, -0.15) is 0 Å². The zero-order valence-electron chi connectivity index (χ0n) is 12.0. The quantitative estimate of drug-likeness (QED) is 0.604. The van der Waals surface area contributed by atoms with Crippen molar-refractivity contribution in [2.75, 3.05) is 0 Å². The van der Waals surface area contributed by atoms with E-state index in [9.17, 15) is 0 Å². The molecule has 100 valence electrons. The molecule has 0 aliphatic heterocycles. The smallest absolute Gasteiger partial charge is 0.0477 e. The van der Waals surface area contributed by atoms with E-state index in [1.165, 1.54) is 22.0 Å². The Kier molecular flexibility index (Phi) is 2.98. The highest BCUT2D eigenvalue weighted by Gasteiger charge is 2.25. The fourth-order valence-corrected chi connectivity index (χ4v) is 2.79. The monoisotopic (exact) mass is 261 g/mol. The first-order valence-electron chi connectivity index (χ1n) is 6.90. The summed E-state index contributed by atoms with van der Waals surface area (Å²) in [4.78, 5) is 0. The van der Waals surface area contributed by atoms with E-state index in [2.05, 4.69) is 79.8 Å². The van der Waals surface area contributed by atoms with Crippen LogP contribution in [-0.4, -0.2) is 4.57 Å². The summed E-state index contributed by atoms with van der Waals surface area (Å²) >= 11 is 0. The largest absolute Gasteiger partial charge is 0.351 e. The van der Waals surface area contributed by atoms with Gasteiger partial charge in [-0.3, -0.25) is 0 Å². The molecule has 1 heteroatoms. The highest BCUT2D eigenvalue weighted by molar-refractivity contribution is 5.81. The van der Waals surface area contributed by atoms with Crippen LogP contribution in [0.1, 0.15) is 18.1 Å². The molecule has 0 aliphatic rings. The predicted octanol–water partition coefficient (Wildman–Crippen LogP) is 4.67. The maximum atomic E-state index is 4.07. The van der Waals surface area contributed by atoms with Gasteiger partial charge in [0, 0.05) is 24.2 Å². The topological polar surface area (TPSA) is 4.93 Å². The maximum absolute atomic E-state index is 4.07. The molecule has 0 aliphatic carbocycles. The summed E-state index contributed by atoms with van der Waals surface area (Å²) in [6.45, 7) is 6.29. The van der Waals surface area contributed by atoms with Gasteiger partial charge >= 0.3 is 0 Å². The van der Waals surface area contributed by atoms with Crippen molar-refractivity contribution >= 4 is 10.9 Å². The van der Waals surface area contributed by atoms with E-state index in [-0.39, 0.29) is 5.41 Å². The fourth-order valence-electron chi connectivity index (χ4n) is 2.79. The Morgan fingerprint density at radius 2 is 1.75 bits per heavy atom. The standard InChI is InChI=1S/C19H19N/c1-4-19(2,16-8-6-5-7-9-16)17-10-11-18-15(14-17)12-13-20(18)3/h4-14H,1H2,2-3H3/t19-/m0/s1. The summed E-state index contributed by atoms with van der Waals surface area (Å²) in [7, 11) is 2.08. The molecule has 2 aromatic carbocycles. The van der Waals surface area contributed by atoms with Gasteiger partial charge in [-0.1, -0.05) is 42.5 Å². The number of hydrogen-bond acceptors (Lipinski definition) is 0. The predicted molar refractivity (Wildman–Crippen MR) is 86.0 cm³/mol. The number of aryl methyl sites for hydroxylation is 1. The van der Waals surface area contributed by atoms with Gasteiger partial charge in [-0.15, -0.1) is 6.58 Å². The van der Waals surface area contributed by atoms with Crippen LogP contribution in [-0.2, 0) is 12.5 Å². The molecule has 20 heavy (non-hydrogen) atoms. The molecular weight excluding hydrogens is 242 g/mol. The molecule has 0 fully saturated rings. The van der Waals surface area contributed by atoms with E-state index in [0.29, 0.717) is 0 Å². The van der Waals surface area contributed by atoms with Crippen LogP contribution in [0.25, 0.3) is 10.9 Å². The molecule has 0 N–H and O–H groups in total. The van der Waals surface area contributed by atoms with Crippen LogP contribution in [0.3, 0.4) is 0 Å². The van der Waals surface area contributed by atoms with Crippen LogP contribution >= 0.6 is 0 Å². The van der Waals surface area contributed by atoms with Crippen LogP contribution in [0.2, 0.25) is 0 Å². The Balaban J connectivity index is 2.18. The summed E-state index contributed by atoms with van der Waals surface area (Å²) in [6.07, 6.45) is 4.13. The average molecular weight is 261 g/mol. The minimum atomic E-state index is -0.161. The zero-order valence-corrected chi connectivity index (χ0v) is 12.0. The molecule has 3 aromatic rings. The lowest BCUT2D eigenvalue weighted by Gasteiger charge is -2.27. The lowest BCUT2D eigenvalue weighted by molar-refractivity contribution is 0.727. The third kappa shape index (κ3) is 1.87. The number of rotatable bonds is 3. The van der Waals surface area contributed by atoms with Crippen molar-refractivity contribution in [3.05, 3.63) is 84.6 Å². The Labute approximate surface area is 120 Å². The van der Waals surface area contributed by atoms with Crippen molar-refractivity contribution in [2.24, 2.45) is 7.05 Å². The molecule has 0 unspecified atom stereocenters. The van der Waals surface area contributed by atoms with E-state index >= 15 is 0 Å². The fraction of sp³-hybridized carbons (Fsp3) is 0.158.